The summed E-state index contributed by atoms with van der Waals surface area (Å²) >= 11 is 0. The van der Waals surface area contributed by atoms with Gasteiger partial charge in [-0.15, -0.1) is 0 Å². The molecule has 0 unspecified atom stereocenters. The van der Waals surface area contributed by atoms with Crippen LogP contribution >= 0.6 is 0 Å². The molecule has 0 fully saturated rings. The molecule has 0 aliphatic carbocycles. The van der Waals surface area contributed by atoms with E-state index >= 15 is 0 Å². The summed E-state index contributed by atoms with van der Waals surface area (Å²) < 4.78 is 0. The van der Waals surface area contributed by atoms with Gasteiger partial charge in [0.2, 0.25) is 0 Å². The Labute approximate surface area is 93.5 Å². The van der Waals surface area contributed by atoms with E-state index in [1.54, 1.807) is 0 Å². The fourth-order valence-electron chi connectivity index (χ4n) is 0. The van der Waals surface area contributed by atoms with Gasteiger partial charge in [-0.3, -0.25) is 0 Å². The van der Waals surface area contributed by atoms with Crippen LogP contribution in [0.4, 0.5) is 0 Å². The van der Waals surface area contributed by atoms with Crippen molar-refractivity contribution >= 4 is 40.4 Å². The minimum atomic E-state index is 0. The third-order valence-electron chi connectivity index (χ3n) is 0. The maximum atomic E-state index is 0. The Morgan fingerprint density at radius 3 is 1.00 bits per heavy atom. The average molecular weight is 261 g/mol. The maximum absolute atomic E-state index is 0. The molecule has 4 heteroatoms. The summed E-state index contributed by atoms with van der Waals surface area (Å²) in [5, 5.41) is 0. The van der Waals surface area contributed by atoms with Gasteiger partial charge in [-0.1, -0.05) is 0 Å². The monoisotopic (exact) mass is 259 g/mol. The summed E-state index contributed by atoms with van der Waals surface area (Å²) in [5.41, 5.74) is 0. The second-order valence-electron chi connectivity index (χ2n) is 0. The first-order valence-corrected chi connectivity index (χ1v) is 0. The Morgan fingerprint density at radius 2 is 1.00 bits per heavy atom. The number of hydrogen-bond donors (Lipinski definition) is 0. The van der Waals surface area contributed by atoms with E-state index in [1.807, 2.05) is 0 Å². The summed E-state index contributed by atoms with van der Waals surface area (Å²) in [6, 6.07) is 0. The van der Waals surface area contributed by atoms with Gasteiger partial charge in [-0.05, 0) is 0 Å². The largest absolute Gasteiger partial charge is 0.316 e. The molecule has 1 radical (unpaired) electrons. The third kappa shape index (κ3) is 8.93. The molecular weight excluding hydrogens is 256 g/mol. The van der Waals surface area contributed by atoms with Crippen molar-refractivity contribution in [2.75, 3.05) is 0 Å². The van der Waals surface area contributed by atoms with Crippen LogP contribution in [-0.2, 0) is 19.5 Å². The molecule has 0 heterocycles. The molecule has 0 spiro atoms. The van der Waals surface area contributed by atoms with E-state index in [4.69, 9.17) is 0 Å². The van der Waals surface area contributed by atoms with Crippen molar-refractivity contribution < 1.29 is 55.1 Å². The number of hydrogen-bond acceptors (Lipinski definition) is 0. The third-order valence-corrected chi connectivity index (χ3v) is 0. The van der Waals surface area contributed by atoms with Crippen LogP contribution in [0.25, 0.3) is 0 Å². The molecule has 0 atom stereocenters. The Kier molecular flexibility index (Phi) is 113. The molecule has 0 bridgehead atoms. The SMILES string of the molecule is [AlH3].[La].[MgH2].[Zn]. The second-order valence-corrected chi connectivity index (χ2v) is 0. The van der Waals surface area contributed by atoms with E-state index in [2.05, 4.69) is 0 Å². The smallest absolute Gasteiger partial charge is 0 e. The zero-order chi connectivity index (χ0) is 0. The first-order chi connectivity index (χ1) is 0. The van der Waals surface area contributed by atoms with Gasteiger partial charge in [-0.2, -0.15) is 0 Å². The first kappa shape index (κ1) is 27.4. The molecule has 0 aromatic heterocycles. The van der Waals surface area contributed by atoms with Gasteiger partial charge in [0, 0.05) is 55.1 Å². The topological polar surface area (TPSA) is 0 Å². The Bertz CT molecular complexity index is 8.00. The van der Waals surface area contributed by atoms with Crippen molar-refractivity contribution in [1.82, 2.24) is 0 Å². The molecule has 0 aromatic rings. The van der Waals surface area contributed by atoms with E-state index in [1.165, 1.54) is 0 Å². The van der Waals surface area contributed by atoms with Gasteiger partial charge >= 0.3 is 23.1 Å². The quantitative estimate of drug-likeness (QED) is 0.438. The van der Waals surface area contributed by atoms with E-state index in [9.17, 15) is 0 Å². The Hall–Kier alpha value is 3.12. The van der Waals surface area contributed by atoms with Crippen LogP contribution < -0.4 is 0 Å². The van der Waals surface area contributed by atoms with Crippen LogP contribution in [0.1, 0.15) is 0 Å². The van der Waals surface area contributed by atoms with Crippen molar-refractivity contribution in [3.8, 4) is 0 Å². The van der Waals surface area contributed by atoms with E-state index < -0.39 is 0 Å². The zero-order valence-electron chi connectivity index (χ0n) is 1.28. The molecular formula is H5AlLaMgZn. The van der Waals surface area contributed by atoms with E-state index in [-0.39, 0.29) is 95.5 Å². The van der Waals surface area contributed by atoms with Crippen molar-refractivity contribution in [3.05, 3.63) is 0 Å². The first-order valence-electron chi connectivity index (χ1n) is 0. The molecule has 0 N–H and O–H groups in total. The predicted octanol–water partition coefficient (Wildman–Crippen LogP) is -2.10. The molecule has 15 valence electrons. The van der Waals surface area contributed by atoms with Gasteiger partial charge in [0.25, 0.3) is 0 Å². The van der Waals surface area contributed by atoms with Gasteiger partial charge in [-0.25, -0.2) is 0 Å². The zero-order valence-corrected chi connectivity index (χ0v) is 7.88. The minimum absolute atomic E-state index is 0. The van der Waals surface area contributed by atoms with Crippen LogP contribution in [0.3, 0.4) is 0 Å². The normalized spacial score (nSPS) is 0. The van der Waals surface area contributed by atoms with Crippen LogP contribution in [-0.4, -0.2) is 40.4 Å². The van der Waals surface area contributed by atoms with Crippen LogP contribution in [0.5, 0.6) is 0 Å². The minimum Gasteiger partial charge on any atom is 0 e. The van der Waals surface area contributed by atoms with Crippen molar-refractivity contribution in [2.24, 2.45) is 0 Å². The maximum Gasteiger partial charge on any atom is 0.316 e. The molecule has 0 aliphatic heterocycles. The molecule has 0 aromatic carbocycles. The van der Waals surface area contributed by atoms with Crippen molar-refractivity contribution in [3.63, 3.8) is 0 Å². The van der Waals surface area contributed by atoms with Crippen LogP contribution in [0.15, 0.2) is 0 Å². The van der Waals surface area contributed by atoms with Crippen molar-refractivity contribution in [2.45, 2.75) is 0 Å². The molecule has 4 heavy (non-hydrogen) atoms. The Balaban J connectivity index is 0. The van der Waals surface area contributed by atoms with Crippen LogP contribution in [0.2, 0.25) is 0 Å². The van der Waals surface area contributed by atoms with Gasteiger partial charge in [0.05, 0.1) is 0 Å². The van der Waals surface area contributed by atoms with Gasteiger partial charge in [0.1, 0.15) is 0 Å². The molecule has 0 rings (SSSR count). The van der Waals surface area contributed by atoms with Crippen molar-refractivity contribution in [1.29, 1.82) is 0 Å². The summed E-state index contributed by atoms with van der Waals surface area (Å²) in [4.78, 5) is 0. The summed E-state index contributed by atoms with van der Waals surface area (Å²) in [6.45, 7) is 0. The summed E-state index contributed by atoms with van der Waals surface area (Å²) in [5.74, 6) is 0. The molecule has 0 aliphatic rings. The molecule has 0 saturated heterocycles. The summed E-state index contributed by atoms with van der Waals surface area (Å²) in [6.07, 6.45) is 0. The van der Waals surface area contributed by atoms with Crippen LogP contribution in [0, 0.1) is 35.6 Å². The number of rotatable bonds is 0. The van der Waals surface area contributed by atoms with E-state index in [0.717, 1.165) is 0 Å². The van der Waals surface area contributed by atoms with E-state index in [0.29, 0.717) is 0 Å². The van der Waals surface area contributed by atoms with Gasteiger partial charge in [0.15, 0.2) is 17.4 Å². The molecule has 0 nitrogen and oxygen atoms in total. The average Bonchev–Trinajstić information content (AvgIpc) is 0. The molecule has 0 saturated carbocycles. The summed E-state index contributed by atoms with van der Waals surface area (Å²) in [7, 11) is 0. The molecule has 0 amide bonds. The Morgan fingerprint density at radius 1 is 1.00 bits per heavy atom. The predicted molar refractivity (Wildman–Crippen MR) is 18.5 cm³/mol. The van der Waals surface area contributed by atoms with Gasteiger partial charge < -0.3 is 0 Å². The standard InChI is InChI=1S/Al.La.Mg.Zn.5H. The fraction of sp³-hybridized carbons (Fsp3) is 0. The second kappa shape index (κ2) is 16.5. The fourth-order valence-corrected chi connectivity index (χ4v) is 0.